The number of nitrogens with one attached hydrogen (secondary N) is 3. The molecule has 0 aliphatic carbocycles. The number of aromatic amines is 1. The van der Waals surface area contributed by atoms with E-state index < -0.39 is 52.9 Å². The number of unbranched alkanes of at least 4 members (excludes halogenated alkanes) is 5. The van der Waals surface area contributed by atoms with Gasteiger partial charge in [-0.15, -0.1) is 11.3 Å². The van der Waals surface area contributed by atoms with Crippen molar-refractivity contribution < 1.29 is 37.4 Å². The maximum absolute atomic E-state index is 16.1. The third kappa shape index (κ3) is 12.1. The van der Waals surface area contributed by atoms with Crippen molar-refractivity contribution in [2.45, 2.75) is 149 Å². The molecule has 0 radical (unpaired) electrons. The number of carbonyl (C=O) groups excluding carboxylic acids is 3. The molecule has 15 heteroatoms. The van der Waals surface area contributed by atoms with E-state index in [1.165, 1.54) is 30.9 Å². The molecule has 7 rings (SSSR count). The maximum Gasteiger partial charge on any atom is 0.246 e. The first-order valence-corrected chi connectivity index (χ1v) is 24.9. The number of carbonyl (C=O) groups is 3. The molecule has 0 saturated carbocycles. The van der Waals surface area contributed by atoms with Gasteiger partial charge in [0.2, 0.25) is 17.7 Å². The third-order valence-corrected chi connectivity index (χ3v) is 14.2. The highest BCUT2D eigenvalue weighted by molar-refractivity contribution is 7.13. The Kier molecular flexibility index (Phi) is 16.1. The summed E-state index contributed by atoms with van der Waals surface area (Å²) in [6.45, 7) is 13.0. The molecule has 366 valence electrons. The van der Waals surface area contributed by atoms with Gasteiger partial charge in [0.05, 0.1) is 34.8 Å². The lowest BCUT2D eigenvalue weighted by molar-refractivity contribution is -0.144. The molecule has 1 fully saturated rings. The van der Waals surface area contributed by atoms with E-state index >= 15 is 13.2 Å². The number of β-amino-alcohol motifs (C(OH)–C–C–N with tert-alkyl or cyclic N) is 1. The number of aromatic nitrogens is 2. The van der Waals surface area contributed by atoms with E-state index in [2.05, 4.69) is 20.6 Å². The number of hydrogen-bond donors (Lipinski definition) is 4. The SMILES string of the molecule is Cc1ncsc1-c1ccc(CNC(=O)[C@@H]2C[C@@H](O)CN2C(=O)C(NC(=O)CCCCCCCCOc2cc(F)c([C@@H]3c4[nH]c5ccccc5c4C[C@@H](C)N3CC(C)(C)F)c(F)c2)C(C)(C)C)cc1. The van der Waals surface area contributed by atoms with Gasteiger partial charge in [-0.2, -0.15) is 0 Å². The van der Waals surface area contributed by atoms with E-state index in [4.69, 9.17) is 4.74 Å². The molecule has 5 aromatic rings. The quantitative estimate of drug-likeness (QED) is 0.0605. The van der Waals surface area contributed by atoms with Crippen LogP contribution in [0.15, 0.2) is 66.2 Å². The number of aliphatic hydroxyl groups excluding tert-OH is 1. The van der Waals surface area contributed by atoms with Crippen molar-refractivity contribution >= 4 is 40.0 Å². The number of halogens is 3. The smallest absolute Gasteiger partial charge is 0.246 e. The summed E-state index contributed by atoms with van der Waals surface area (Å²) < 4.78 is 53.1. The number of nitrogens with zero attached hydrogens (tertiary/aromatic N) is 3. The Labute approximate surface area is 402 Å². The van der Waals surface area contributed by atoms with Crippen LogP contribution in [0, 0.1) is 24.0 Å². The van der Waals surface area contributed by atoms with Crippen LogP contribution in [0.25, 0.3) is 21.3 Å². The van der Waals surface area contributed by atoms with Crippen LogP contribution in [-0.2, 0) is 27.3 Å². The van der Waals surface area contributed by atoms with Crippen LogP contribution >= 0.6 is 11.3 Å². The predicted molar refractivity (Wildman–Crippen MR) is 261 cm³/mol. The highest BCUT2D eigenvalue weighted by Crippen LogP contribution is 2.44. The van der Waals surface area contributed by atoms with Crippen molar-refractivity contribution in [3.63, 3.8) is 0 Å². The number of thiazole rings is 1. The summed E-state index contributed by atoms with van der Waals surface area (Å²) in [4.78, 5) is 52.8. The third-order valence-electron chi connectivity index (χ3n) is 13.2. The lowest BCUT2D eigenvalue weighted by atomic mass is 9.85. The molecule has 2 aromatic heterocycles. The van der Waals surface area contributed by atoms with Gasteiger partial charge in [0.15, 0.2) is 0 Å². The van der Waals surface area contributed by atoms with E-state index in [9.17, 15) is 19.5 Å². The van der Waals surface area contributed by atoms with Crippen LogP contribution < -0.4 is 15.4 Å². The minimum atomic E-state index is -1.59. The number of amides is 3. The van der Waals surface area contributed by atoms with Gasteiger partial charge in [-0.25, -0.2) is 18.2 Å². The van der Waals surface area contributed by atoms with Gasteiger partial charge in [-0.05, 0) is 75.1 Å². The minimum absolute atomic E-state index is 0.000572. The van der Waals surface area contributed by atoms with Crippen LogP contribution in [0.3, 0.4) is 0 Å². The van der Waals surface area contributed by atoms with Gasteiger partial charge >= 0.3 is 0 Å². The van der Waals surface area contributed by atoms with E-state index in [-0.39, 0.29) is 68.3 Å². The zero-order valence-electron chi connectivity index (χ0n) is 40.4. The molecule has 0 spiro atoms. The second kappa shape index (κ2) is 21.6. The van der Waals surface area contributed by atoms with E-state index in [1.54, 1.807) is 11.3 Å². The summed E-state index contributed by atoms with van der Waals surface area (Å²) in [5.74, 6) is -2.41. The predicted octanol–water partition coefficient (Wildman–Crippen LogP) is 9.88. The van der Waals surface area contributed by atoms with Gasteiger partial charge in [0.1, 0.15) is 35.1 Å². The average Bonchev–Trinajstić information content (AvgIpc) is 4.00. The Balaban J connectivity index is 0.844. The number of para-hydroxylation sites is 1. The lowest BCUT2D eigenvalue weighted by Crippen LogP contribution is -2.57. The average molecular weight is 957 g/mol. The van der Waals surface area contributed by atoms with Gasteiger partial charge in [-0.3, -0.25) is 19.3 Å². The van der Waals surface area contributed by atoms with E-state index in [0.717, 1.165) is 63.8 Å². The number of rotatable bonds is 19. The molecule has 1 saturated heterocycles. The van der Waals surface area contributed by atoms with Crippen molar-refractivity contribution in [2.24, 2.45) is 5.41 Å². The van der Waals surface area contributed by atoms with Crippen LogP contribution in [0.1, 0.15) is 127 Å². The molecule has 1 unspecified atom stereocenters. The Morgan fingerprint density at radius 3 is 2.31 bits per heavy atom. The van der Waals surface area contributed by atoms with Crippen LogP contribution in [0.5, 0.6) is 5.75 Å². The molecular formula is C53H67F3N6O5S. The van der Waals surface area contributed by atoms with Crippen molar-refractivity contribution in [1.82, 2.24) is 30.4 Å². The summed E-state index contributed by atoms with van der Waals surface area (Å²) in [6.07, 6.45) is 4.75. The number of ether oxygens (including phenoxy) is 1. The monoisotopic (exact) mass is 956 g/mol. The molecule has 11 nitrogen and oxygen atoms in total. The molecule has 0 bridgehead atoms. The summed E-state index contributed by atoms with van der Waals surface area (Å²) in [5.41, 5.74) is 4.87. The van der Waals surface area contributed by atoms with Gasteiger partial charge in [0, 0.05) is 72.8 Å². The first-order chi connectivity index (χ1) is 32.3. The second-order valence-corrected chi connectivity index (χ2v) is 21.2. The number of aliphatic hydroxyl groups is 1. The number of alkyl halides is 1. The number of aryl methyl sites for hydroxylation is 1. The Morgan fingerprint density at radius 1 is 0.971 bits per heavy atom. The summed E-state index contributed by atoms with van der Waals surface area (Å²) in [7, 11) is 0. The molecule has 2 aliphatic rings. The van der Waals surface area contributed by atoms with E-state index in [0.29, 0.717) is 25.0 Å². The molecular weight excluding hydrogens is 890 g/mol. The number of fused-ring (bicyclic) bond motifs is 3. The maximum atomic E-state index is 16.1. The number of likely N-dealkylation sites (tertiary alicyclic amines) is 1. The molecule has 4 heterocycles. The van der Waals surface area contributed by atoms with Gasteiger partial charge in [-0.1, -0.05) is 88.9 Å². The zero-order chi connectivity index (χ0) is 48.9. The standard InChI is InChI=1S/C53H67F3N6O5S/c1-32-24-39-38-16-13-14-17-42(38)59-46(39)47(62(32)30-53(6,7)56)45-40(54)26-37(27-41(45)55)67-23-15-11-9-8-10-12-18-44(64)60-49(52(3,4)5)51(66)61-29-36(63)25-43(61)50(65)57-28-34-19-21-35(22-20-34)48-33(2)58-31-68-48/h13-14,16-17,19-22,26-27,31-32,36,43,47,49,59,63H,8-12,15,18,23-25,28-30H2,1-7H3,(H,57,65)(H,60,64)/t32-,36-,43+,47-,49?/m1/s1. The normalized spacial score (nSPS) is 19.2. The Hall–Kier alpha value is -5.25. The fourth-order valence-corrected chi connectivity index (χ4v) is 10.5. The van der Waals surface area contributed by atoms with Crippen LogP contribution in [-0.4, -0.2) is 92.2 Å². The van der Waals surface area contributed by atoms with Crippen molar-refractivity contribution in [2.75, 3.05) is 19.7 Å². The highest BCUT2D eigenvalue weighted by Gasteiger charge is 2.45. The van der Waals surface area contributed by atoms with Crippen molar-refractivity contribution in [3.05, 3.63) is 106 Å². The second-order valence-electron chi connectivity index (χ2n) is 20.4. The van der Waals surface area contributed by atoms with Crippen LogP contribution in [0.4, 0.5) is 13.2 Å². The minimum Gasteiger partial charge on any atom is -0.493 e. The molecule has 2 aliphatic heterocycles. The highest BCUT2D eigenvalue weighted by atomic mass is 32.1. The largest absolute Gasteiger partial charge is 0.493 e. The molecule has 4 N–H and O–H groups in total. The summed E-state index contributed by atoms with van der Waals surface area (Å²) in [5, 5.41) is 17.5. The lowest BCUT2D eigenvalue weighted by Gasteiger charge is -2.43. The van der Waals surface area contributed by atoms with Crippen molar-refractivity contribution in [1.29, 1.82) is 0 Å². The fraction of sp³-hybridized carbons (Fsp3) is 0.509. The fourth-order valence-electron chi connectivity index (χ4n) is 9.70. The van der Waals surface area contributed by atoms with E-state index in [1.807, 2.05) is 93.6 Å². The summed E-state index contributed by atoms with van der Waals surface area (Å²) in [6, 6.07) is 15.3. The summed E-state index contributed by atoms with van der Waals surface area (Å²) >= 11 is 1.57. The molecule has 3 amide bonds. The zero-order valence-corrected chi connectivity index (χ0v) is 41.2. The molecule has 5 atom stereocenters. The first kappa shape index (κ1) is 50.6. The Bertz CT molecular complexity index is 2530. The van der Waals surface area contributed by atoms with Gasteiger partial charge in [0.25, 0.3) is 0 Å². The molecule has 3 aromatic carbocycles. The van der Waals surface area contributed by atoms with Crippen molar-refractivity contribution in [3.8, 4) is 16.2 Å². The molecule has 68 heavy (non-hydrogen) atoms. The number of benzene rings is 3. The van der Waals surface area contributed by atoms with Gasteiger partial charge < -0.3 is 30.4 Å². The van der Waals surface area contributed by atoms with Crippen LogP contribution in [0.2, 0.25) is 0 Å². The topological polar surface area (TPSA) is 140 Å². The first-order valence-electron chi connectivity index (χ1n) is 24.0. The number of hydrogen-bond acceptors (Lipinski definition) is 8. The number of H-pyrrole nitrogens is 1. The Morgan fingerprint density at radius 2 is 1.65 bits per heavy atom.